The molecule has 0 aromatic heterocycles. The molecule has 0 fully saturated rings. The molecule has 1 aliphatic rings. The Kier molecular flexibility index (Phi) is 4.12. The van der Waals surface area contributed by atoms with Crippen LogP contribution in [0.4, 0.5) is 0 Å². The number of amides is 2. The third-order valence-corrected chi connectivity index (χ3v) is 3.95. The molecular formula is C16H22N2O2. The molecule has 0 N–H and O–H groups in total. The number of hydrogen-bond acceptors (Lipinski definition) is 2. The van der Waals surface area contributed by atoms with Crippen molar-refractivity contribution in [1.82, 2.24) is 9.80 Å². The first-order chi connectivity index (χ1) is 9.41. The Bertz CT molecular complexity index is 523. The van der Waals surface area contributed by atoms with Crippen molar-refractivity contribution < 1.29 is 9.59 Å². The van der Waals surface area contributed by atoms with Crippen LogP contribution in [-0.4, -0.2) is 49.8 Å². The first-order valence-electron chi connectivity index (χ1n) is 6.92. The van der Waals surface area contributed by atoms with Crippen LogP contribution in [0.25, 0.3) is 0 Å². The van der Waals surface area contributed by atoms with Crippen molar-refractivity contribution in [3.8, 4) is 0 Å². The molecule has 0 heterocycles. The van der Waals surface area contributed by atoms with E-state index in [9.17, 15) is 9.59 Å². The lowest BCUT2D eigenvalue weighted by Gasteiger charge is -2.32. The summed E-state index contributed by atoms with van der Waals surface area (Å²) in [4.78, 5) is 27.9. The van der Waals surface area contributed by atoms with E-state index in [1.54, 1.807) is 38.0 Å². The summed E-state index contributed by atoms with van der Waals surface area (Å²) in [5.74, 6) is -0.123. The van der Waals surface area contributed by atoms with Crippen LogP contribution in [0.15, 0.2) is 24.3 Å². The second kappa shape index (κ2) is 5.65. The highest BCUT2D eigenvalue weighted by molar-refractivity contribution is 5.86. The lowest BCUT2D eigenvalue weighted by Crippen LogP contribution is -2.38. The van der Waals surface area contributed by atoms with Gasteiger partial charge in [-0.1, -0.05) is 24.3 Å². The monoisotopic (exact) mass is 274 g/mol. The molecule has 20 heavy (non-hydrogen) atoms. The van der Waals surface area contributed by atoms with Crippen LogP contribution in [0.2, 0.25) is 0 Å². The third kappa shape index (κ3) is 2.69. The van der Waals surface area contributed by atoms with Gasteiger partial charge in [0, 0.05) is 34.1 Å². The van der Waals surface area contributed by atoms with E-state index in [1.165, 1.54) is 0 Å². The maximum absolute atomic E-state index is 12.4. The van der Waals surface area contributed by atoms with Gasteiger partial charge in [0.25, 0.3) is 0 Å². The number of hydrogen-bond donors (Lipinski definition) is 0. The van der Waals surface area contributed by atoms with Crippen molar-refractivity contribution in [2.75, 3.05) is 28.2 Å². The van der Waals surface area contributed by atoms with E-state index in [0.29, 0.717) is 6.42 Å². The van der Waals surface area contributed by atoms with Crippen molar-refractivity contribution in [2.45, 2.75) is 18.8 Å². The van der Waals surface area contributed by atoms with E-state index in [4.69, 9.17) is 0 Å². The van der Waals surface area contributed by atoms with Gasteiger partial charge in [0.15, 0.2) is 0 Å². The van der Waals surface area contributed by atoms with Crippen molar-refractivity contribution in [3.05, 3.63) is 35.4 Å². The number of fused-ring (bicyclic) bond motifs is 1. The highest BCUT2D eigenvalue weighted by atomic mass is 16.2. The van der Waals surface area contributed by atoms with E-state index in [1.807, 2.05) is 24.3 Å². The van der Waals surface area contributed by atoms with Gasteiger partial charge in [0.2, 0.25) is 11.8 Å². The molecule has 1 aliphatic carbocycles. The minimum absolute atomic E-state index is 0.0775. The Labute approximate surface area is 120 Å². The van der Waals surface area contributed by atoms with E-state index >= 15 is 0 Å². The standard InChI is InChI=1S/C16H22N2O2/c1-17(2)15(19)12-9-11-7-5-6-8-13(11)14(10-12)16(20)18(3)4/h5-8,12,14H,9-10H2,1-4H3/t12-,14+/m1/s1. The fourth-order valence-electron chi connectivity index (χ4n) is 2.92. The fraction of sp³-hybridized carbons (Fsp3) is 0.500. The summed E-state index contributed by atoms with van der Waals surface area (Å²) < 4.78 is 0. The molecule has 0 saturated heterocycles. The minimum atomic E-state index is -0.205. The number of carbonyl (C=O) groups excluding carboxylic acids is 2. The average Bonchev–Trinajstić information content (AvgIpc) is 2.44. The molecule has 1 aromatic carbocycles. The Morgan fingerprint density at radius 2 is 1.60 bits per heavy atom. The Morgan fingerprint density at radius 1 is 1.00 bits per heavy atom. The molecule has 0 radical (unpaired) electrons. The van der Waals surface area contributed by atoms with Crippen LogP contribution >= 0.6 is 0 Å². The number of benzene rings is 1. The molecule has 0 unspecified atom stereocenters. The van der Waals surface area contributed by atoms with Crippen LogP contribution in [0, 0.1) is 5.92 Å². The van der Waals surface area contributed by atoms with Crippen molar-refractivity contribution >= 4 is 11.8 Å². The SMILES string of the molecule is CN(C)C(=O)[C@@H]1Cc2ccccc2[C@@H](C(=O)N(C)C)C1. The molecule has 4 nitrogen and oxygen atoms in total. The Hall–Kier alpha value is -1.84. The number of rotatable bonds is 2. The van der Waals surface area contributed by atoms with Crippen molar-refractivity contribution in [1.29, 1.82) is 0 Å². The summed E-state index contributed by atoms with van der Waals surface area (Å²) in [5, 5.41) is 0. The van der Waals surface area contributed by atoms with Crippen LogP contribution in [0.3, 0.4) is 0 Å². The molecule has 2 rings (SSSR count). The quantitative estimate of drug-likeness (QED) is 0.820. The van der Waals surface area contributed by atoms with Crippen LogP contribution in [0.1, 0.15) is 23.5 Å². The lowest BCUT2D eigenvalue weighted by molar-refractivity contribution is -0.135. The van der Waals surface area contributed by atoms with Gasteiger partial charge in [-0.15, -0.1) is 0 Å². The second-order valence-corrected chi connectivity index (χ2v) is 5.85. The lowest BCUT2D eigenvalue weighted by atomic mass is 9.75. The van der Waals surface area contributed by atoms with Gasteiger partial charge >= 0.3 is 0 Å². The van der Waals surface area contributed by atoms with Crippen molar-refractivity contribution in [2.24, 2.45) is 5.92 Å². The zero-order valence-corrected chi connectivity index (χ0v) is 12.6. The van der Waals surface area contributed by atoms with Gasteiger partial charge < -0.3 is 9.80 Å². The summed E-state index contributed by atoms with van der Waals surface area (Å²) in [6, 6.07) is 7.97. The second-order valence-electron chi connectivity index (χ2n) is 5.85. The van der Waals surface area contributed by atoms with Crippen molar-refractivity contribution in [3.63, 3.8) is 0 Å². The molecule has 0 aliphatic heterocycles. The number of likely N-dealkylation sites (N-methyl/N-ethyl adjacent to an activating group) is 1. The third-order valence-electron chi connectivity index (χ3n) is 3.95. The largest absolute Gasteiger partial charge is 0.349 e. The normalized spacial score (nSPS) is 21.0. The van der Waals surface area contributed by atoms with E-state index in [-0.39, 0.29) is 23.7 Å². The minimum Gasteiger partial charge on any atom is -0.349 e. The molecular weight excluding hydrogens is 252 g/mol. The first kappa shape index (κ1) is 14.6. The van der Waals surface area contributed by atoms with Gasteiger partial charge in [-0.05, 0) is 24.0 Å². The Morgan fingerprint density at radius 3 is 2.20 bits per heavy atom. The van der Waals surface area contributed by atoms with E-state index < -0.39 is 0 Å². The number of nitrogens with zero attached hydrogens (tertiary/aromatic N) is 2. The van der Waals surface area contributed by atoms with Gasteiger partial charge in [0.05, 0.1) is 5.92 Å². The molecule has 1 aromatic rings. The van der Waals surface area contributed by atoms with Gasteiger partial charge in [-0.2, -0.15) is 0 Å². The summed E-state index contributed by atoms with van der Waals surface area (Å²) in [5.41, 5.74) is 2.20. The molecule has 0 saturated carbocycles. The topological polar surface area (TPSA) is 40.6 Å². The highest BCUT2D eigenvalue weighted by Gasteiger charge is 2.35. The van der Waals surface area contributed by atoms with Gasteiger partial charge in [0.1, 0.15) is 0 Å². The maximum Gasteiger partial charge on any atom is 0.229 e. The molecule has 108 valence electrons. The summed E-state index contributed by atoms with van der Waals surface area (Å²) in [6.45, 7) is 0. The molecule has 0 spiro atoms. The molecule has 0 bridgehead atoms. The Balaban J connectivity index is 2.36. The molecule has 2 amide bonds. The van der Waals surface area contributed by atoms with Crippen LogP contribution in [0.5, 0.6) is 0 Å². The molecule has 4 heteroatoms. The molecule has 2 atom stereocenters. The zero-order chi connectivity index (χ0) is 14.9. The summed E-state index contributed by atoms with van der Waals surface area (Å²) in [6.07, 6.45) is 1.33. The highest BCUT2D eigenvalue weighted by Crippen LogP contribution is 2.36. The van der Waals surface area contributed by atoms with E-state index in [0.717, 1.165) is 17.5 Å². The van der Waals surface area contributed by atoms with Crippen LogP contribution < -0.4 is 0 Å². The van der Waals surface area contributed by atoms with Gasteiger partial charge in [-0.25, -0.2) is 0 Å². The zero-order valence-electron chi connectivity index (χ0n) is 12.6. The average molecular weight is 274 g/mol. The first-order valence-corrected chi connectivity index (χ1v) is 6.92. The van der Waals surface area contributed by atoms with Crippen LogP contribution in [-0.2, 0) is 16.0 Å². The predicted octanol–water partition coefficient (Wildman–Crippen LogP) is 1.51. The predicted molar refractivity (Wildman–Crippen MR) is 78.4 cm³/mol. The summed E-state index contributed by atoms with van der Waals surface area (Å²) in [7, 11) is 7.07. The smallest absolute Gasteiger partial charge is 0.229 e. The fourth-order valence-corrected chi connectivity index (χ4v) is 2.92. The number of carbonyl (C=O) groups is 2. The van der Waals surface area contributed by atoms with E-state index in [2.05, 4.69) is 0 Å². The maximum atomic E-state index is 12.4. The van der Waals surface area contributed by atoms with Gasteiger partial charge in [-0.3, -0.25) is 9.59 Å². The summed E-state index contributed by atoms with van der Waals surface area (Å²) >= 11 is 0.